The van der Waals surface area contributed by atoms with Crippen LogP contribution in [-0.4, -0.2) is 38.5 Å². The topological polar surface area (TPSA) is 58.4 Å². The van der Waals surface area contributed by atoms with Gasteiger partial charge in [0.1, 0.15) is 0 Å². The fraction of sp³-hybridized carbons (Fsp3) is 1.00. The molecule has 0 aromatic carbocycles. The molecular formula is C6H12N2O3. The largest absolute Gasteiger partial charge is 0.372 e. The van der Waals surface area contributed by atoms with Crippen molar-refractivity contribution in [1.82, 2.24) is 11.0 Å². The van der Waals surface area contributed by atoms with Crippen LogP contribution < -0.4 is 11.0 Å². The minimum atomic E-state index is 0.356. The van der Waals surface area contributed by atoms with Gasteiger partial charge in [0.25, 0.3) is 0 Å². The fourth-order valence-electron chi connectivity index (χ4n) is 0.692. The lowest BCUT2D eigenvalue weighted by molar-refractivity contribution is -0.0418. The van der Waals surface area contributed by atoms with Gasteiger partial charge in [-0.2, -0.15) is 11.0 Å². The maximum absolute atomic E-state index is 4.95. The predicted octanol–water partition coefficient (Wildman–Crippen LogP) is -1.19. The highest BCUT2D eigenvalue weighted by atomic mass is 16.8. The number of hydroxylamine groups is 2. The lowest BCUT2D eigenvalue weighted by Gasteiger charge is -2.02. The van der Waals surface area contributed by atoms with Crippen LogP contribution in [-0.2, 0) is 14.4 Å². The first kappa shape index (κ1) is 7.45. The van der Waals surface area contributed by atoms with Gasteiger partial charge in [-0.1, -0.05) is 0 Å². The molecule has 0 radical (unpaired) electrons. The summed E-state index contributed by atoms with van der Waals surface area (Å²) in [6, 6.07) is 0. The van der Waals surface area contributed by atoms with E-state index in [-0.39, 0.29) is 0 Å². The molecule has 2 atom stereocenters. The SMILES string of the molecule is C(NONCC1CO1)C1CO1. The van der Waals surface area contributed by atoms with E-state index in [1.165, 1.54) is 0 Å². The monoisotopic (exact) mass is 160 g/mol. The summed E-state index contributed by atoms with van der Waals surface area (Å²) in [7, 11) is 0. The van der Waals surface area contributed by atoms with Crippen molar-refractivity contribution in [2.45, 2.75) is 12.2 Å². The van der Waals surface area contributed by atoms with E-state index < -0.39 is 0 Å². The van der Waals surface area contributed by atoms with Gasteiger partial charge in [-0.3, -0.25) is 0 Å². The molecule has 0 aliphatic carbocycles. The van der Waals surface area contributed by atoms with Gasteiger partial charge in [0.05, 0.1) is 38.5 Å². The molecule has 0 aromatic heterocycles. The lowest BCUT2D eigenvalue weighted by atomic mass is 10.5. The van der Waals surface area contributed by atoms with Gasteiger partial charge in [0.15, 0.2) is 0 Å². The molecule has 64 valence electrons. The third kappa shape index (κ3) is 3.13. The lowest BCUT2D eigenvalue weighted by Crippen LogP contribution is -2.31. The van der Waals surface area contributed by atoms with Crippen LogP contribution in [0.25, 0.3) is 0 Å². The second-order valence-electron chi connectivity index (χ2n) is 2.71. The minimum absolute atomic E-state index is 0.356. The predicted molar refractivity (Wildman–Crippen MR) is 36.6 cm³/mol. The van der Waals surface area contributed by atoms with Gasteiger partial charge in [-0.15, -0.1) is 0 Å². The molecule has 2 saturated heterocycles. The highest BCUT2D eigenvalue weighted by molar-refractivity contribution is 4.70. The summed E-state index contributed by atoms with van der Waals surface area (Å²) in [5.74, 6) is 0. The van der Waals surface area contributed by atoms with E-state index in [1.807, 2.05) is 0 Å². The quantitative estimate of drug-likeness (QED) is 0.291. The molecule has 5 heteroatoms. The normalized spacial score (nSPS) is 33.8. The van der Waals surface area contributed by atoms with E-state index in [0.29, 0.717) is 12.2 Å². The standard InChI is InChI=1S/C6H12N2O3/c1(5-3-9-5)7-11-8-2-6-4-10-6/h5-8H,1-4H2. The van der Waals surface area contributed by atoms with Crippen molar-refractivity contribution in [2.24, 2.45) is 0 Å². The van der Waals surface area contributed by atoms with Crippen LogP contribution in [0.2, 0.25) is 0 Å². The number of epoxide rings is 2. The van der Waals surface area contributed by atoms with Crippen molar-refractivity contribution in [3.05, 3.63) is 0 Å². The number of ether oxygens (including phenoxy) is 2. The molecule has 2 heterocycles. The average molecular weight is 160 g/mol. The maximum Gasteiger partial charge on any atom is 0.0957 e. The van der Waals surface area contributed by atoms with Crippen molar-refractivity contribution in [1.29, 1.82) is 0 Å². The molecule has 2 fully saturated rings. The molecule has 0 aromatic rings. The molecule has 2 aliphatic heterocycles. The highest BCUT2D eigenvalue weighted by Gasteiger charge is 2.23. The Labute approximate surface area is 64.9 Å². The summed E-state index contributed by atoms with van der Waals surface area (Å²) in [5, 5.41) is 0. The van der Waals surface area contributed by atoms with Gasteiger partial charge in [0.2, 0.25) is 0 Å². The molecule has 0 saturated carbocycles. The number of hydrogen-bond donors (Lipinski definition) is 2. The van der Waals surface area contributed by atoms with Crippen LogP contribution in [0.15, 0.2) is 0 Å². The average Bonchev–Trinajstić information content (AvgIpc) is 2.83. The molecule has 0 bridgehead atoms. The first-order valence-corrected chi connectivity index (χ1v) is 3.80. The van der Waals surface area contributed by atoms with Crippen LogP contribution in [0.4, 0.5) is 0 Å². The molecule has 11 heavy (non-hydrogen) atoms. The van der Waals surface area contributed by atoms with E-state index >= 15 is 0 Å². The Bertz CT molecular complexity index is 111. The highest BCUT2D eigenvalue weighted by Crippen LogP contribution is 2.06. The van der Waals surface area contributed by atoms with Crippen LogP contribution >= 0.6 is 0 Å². The summed E-state index contributed by atoms with van der Waals surface area (Å²) in [4.78, 5) is 4.88. The molecule has 2 rings (SSSR count). The van der Waals surface area contributed by atoms with Gasteiger partial charge in [-0.05, 0) is 0 Å². The first-order valence-electron chi connectivity index (χ1n) is 3.80. The summed E-state index contributed by atoms with van der Waals surface area (Å²) >= 11 is 0. The van der Waals surface area contributed by atoms with E-state index in [1.54, 1.807) is 0 Å². The number of nitrogens with one attached hydrogen (secondary N) is 2. The Morgan fingerprint density at radius 2 is 1.55 bits per heavy atom. The van der Waals surface area contributed by atoms with Crippen molar-refractivity contribution >= 4 is 0 Å². The molecule has 2 N–H and O–H groups in total. The zero-order valence-electron chi connectivity index (χ0n) is 6.21. The summed E-state index contributed by atoms with van der Waals surface area (Å²) < 4.78 is 9.91. The van der Waals surface area contributed by atoms with Crippen molar-refractivity contribution in [3.63, 3.8) is 0 Å². The van der Waals surface area contributed by atoms with Gasteiger partial charge >= 0.3 is 0 Å². The molecule has 0 amide bonds. The second-order valence-corrected chi connectivity index (χ2v) is 2.71. The maximum atomic E-state index is 4.95. The summed E-state index contributed by atoms with van der Waals surface area (Å²) in [6.45, 7) is 3.20. The molecule has 5 nitrogen and oxygen atoms in total. The molecule has 0 spiro atoms. The van der Waals surface area contributed by atoms with E-state index in [9.17, 15) is 0 Å². The van der Waals surface area contributed by atoms with E-state index in [2.05, 4.69) is 11.0 Å². The number of hydrogen-bond acceptors (Lipinski definition) is 5. The Kier molecular flexibility index (Phi) is 2.35. The molecule has 2 aliphatic rings. The third-order valence-electron chi connectivity index (χ3n) is 1.57. The Morgan fingerprint density at radius 3 is 1.91 bits per heavy atom. The second kappa shape index (κ2) is 3.46. The Hall–Kier alpha value is -0.200. The molecular weight excluding hydrogens is 148 g/mol. The minimum Gasteiger partial charge on any atom is -0.372 e. The zero-order valence-corrected chi connectivity index (χ0v) is 6.21. The van der Waals surface area contributed by atoms with Crippen molar-refractivity contribution in [2.75, 3.05) is 26.3 Å². The molecule has 2 unspecified atom stereocenters. The fourth-order valence-corrected chi connectivity index (χ4v) is 0.692. The van der Waals surface area contributed by atoms with Gasteiger partial charge in [0, 0.05) is 0 Å². The van der Waals surface area contributed by atoms with E-state index in [4.69, 9.17) is 14.4 Å². The summed E-state index contributed by atoms with van der Waals surface area (Å²) in [5.41, 5.74) is 5.48. The van der Waals surface area contributed by atoms with Crippen molar-refractivity contribution in [3.8, 4) is 0 Å². The zero-order chi connectivity index (χ0) is 7.52. The number of rotatable bonds is 6. The third-order valence-corrected chi connectivity index (χ3v) is 1.57. The summed E-state index contributed by atoms with van der Waals surface area (Å²) in [6.07, 6.45) is 0.711. The Balaban J connectivity index is 1.35. The van der Waals surface area contributed by atoms with Crippen LogP contribution in [0.5, 0.6) is 0 Å². The smallest absolute Gasteiger partial charge is 0.0957 e. The van der Waals surface area contributed by atoms with Gasteiger partial charge in [-0.25, -0.2) is 4.94 Å². The van der Waals surface area contributed by atoms with Gasteiger partial charge < -0.3 is 9.47 Å². The van der Waals surface area contributed by atoms with Crippen LogP contribution in [0.1, 0.15) is 0 Å². The Morgan fingerprint density at radius 1 is 1.09 bits per heavy atom. The van der Waals surface area contributed by atoms with Crippen LogP contribution in [0.3, 0.4) is 0 Å². The van der Waals surface area contributed by atoms with E-state index in [0.717, 1.165) is 26.3 Å². The first-order chi connectivity index (χ1) is 5.45. The van der Waals surface area contributed by atoms with Crippen molar-refractivity contribution < 1.29 is 14.4 Å². The van der Waals surface area contributed by atoms with Crippen LogP contribution in [0, 0.1) is 0 Å².